The van der Waals surface area contributed by atoms with Gasteiger partial charge in [0.15, 0.2) is 0 Å². The lowest BCUT2D eigenvalue weighted by Crippen LogP contribution is -2.40. The Morgan fingerprint density at radius 1 is 1.23 bits per heavy atom. The van der Waals surface area contributed by atoms with Gasteiger partial charge in [-0.15, -0.1) is 0 Å². The van der Waals surface area contributed by atoms with Crippen LogP contribution in [-0.4, -0.2) is 39.0 Å². The van der Waals surface area contributed by atoms with Gasteiger partial charge in [0.05, 0.1) is 0 Å². The third-order valence-electron chi connectivity index (χ3n) is 5.61. The monoisotopic (exact) mass is 436 g/mol. The lowest BCUT2D eigenvalue weighted by molar-refractivity contribution is 0.0663. The van der Waals surface area contributed by atoms with Crippen LogP contribution in [0, 0.1) is 11.7 Å². The predicted octanol–water partition coefficient (Wildman–Crippen LogP) is 5.03. The van der Waals surface area contributed by atoms with Crippen molar-refractivity contribution in [3.63, 3.8) is 0 Å². The van der Waals surface area contributed by atoms with Crippen molar-refractivity contribution in [3.8, 4) is 22.5 Å². The molecule has 158 valence electrons. The summed E-state index contributed by atoms with van der Waals surface area (Å²) >= 11 is 1.60. The fourth-order valence-electron chi connectivity index (χ4n) is 4.01. The normalized spacial score (nSPS) is 16.5. The van der Waals surface area contributed by atoms with E-state index >= 15 is 0 Å². The molecule has 6 nitrogen and oxygen atoms in total. The minimum atomic E-state index is -0.279. The number of halogens is 1. The molecule has 4 heterocycles. The van der Waals surface area contributed by atoms with Gasteiger partial charge in [0, 0.05) is 36.7 Å². The van der Waals surface area contributed by atoms with E-state index in [-0.39, 0.29) is 17.6 Å². The third-order valence-corrected chi connectivity index (χ3v) is 6.29. The first-order valence-corrected chi connectivity index (χ1v) is 11.2. The van der Waals surface area contributed by atoms with Gasteiger partial charge < -0.3 is 14.4 Å². The minimum Gasteiger partial charge on any atom is -0.357 e. The topological polar surface area (TPSA) is 75.0 Å². The fourth-order valence-corrected chi connectivity index (χ4v) is 4.64. The van der Waals surface area contributed by atoms with E-state index in [2.05, 4.69) is 15.1 Å². The Kier molecular flexibility index (Phi) is 5.38. The first kappa shape index (κ1) is 19.7. The number of amides is 1. The Hall–Kier alpha value is -3.26. The molecule has 3 aromatic heterocycles. The smallest absolute Gasteiger partial charge is 0.270 e. The molecule has 0 saturated carbocycles. The van der Waals surface area contributed by atoms with Gasteiger partial charge >= 0.3 is 0 Å². The van der Waals surface area contributed by atoms with E-state index in [9.17, 15) is 9.18 Å². The third kappa shape index (κ3) is 4.29. The summed E-state index contributed by atoms with van der Waals surface area (Å²) in [6, 6.07) is 10.0. The summed E-state index contributed by atoms with van der Waals surface area (Å²) in [5, 5.41) is 8.05. The van der Waals surface area contributed by atoms with E-state index in [0.29, 0.717) is 30.4 Å². The molecule has 31 heavy (non-hydrogen) atoms. The van der Waals surface area contributed by atoms with E-state index in [0.717, 1.165) is 36.1 Å². The summed E-state index contributed by atoms with van der Waals surface area (Å²) < 4.78 is 18.6. The van der Waals surface area contributed by atoms with Crippen LogP contribution >= 0.6 is 11.3 Å². The molecule has 5 rings (SSSR count). The lowest BCUT2D eigenvalue weighted by Gasteiger charge is -2.31. The maximum atomic E-state index is 13.2. The SMILES string of the molecule is O=C(c1cc(-c2ccc(F)cc2)c[nH]1)N1CCC[C@@H](Cc2nc(-c3ccsc3)no2)C1. The summed E-state index contributed by atoms with van der Waals surface area (Å²) in [6.45, 7) is 1.38. The molecule has 1 N–H and O–H groups in total. The highest BCUT2D eigenvalue weighted by Crippen LogP contribution is 2.25. The Morgan fingerprint density at radius 3 is 2.90 bits per heavy atom. The van der Waals surface area contributed by atoms with Crippen molar-refractivity contribution in [1.29, 1.82) is 0 Å². The van der Waals surface area contributed by atoms with Gasteiger partial charge in [0.1, 0.15) is 11.5 Å². The second-order valence-electron chi connectivity index (χ2n) is 7.80. The number of H-pyrrole nitrogens is 1. The largest absolute Gasteiger partial charge is 0.357 e. The van der Waals surface area contributed by atoms with E-state index in [1.54, 1.807) is 29.7 Å². The maximum absolute atomic E-state index is 13.2. The molecule has 1 fully saturated rings. The molecule has 1 aliphatic rings. The predicted molar refractivity (Wildman–Crippen MR) is 116 cm³/mol. The van der Waals surface area contributed by atoms with Crippen LogP contribution in [-0.2, 0) is 6.42 Å². The Morgan fingerprint density at radius 2 is 2.10 bits per heavy atom. The highest BCUT2D eigenvalue weighted by atomic mass is 32.1. The standard InChI is InChI=1S/C23H21FN4O2S/c24-19-5-3-16(4-6-19)18-11-20(25-12-18)23(29)28-8-1-2-15(13-28)10-21-26-22(27-30-21)17-7-9-31-14-17/h3-7,9,11-12,14-15,25H,1-2,8,10,13H2/t15-/m0/s1. The zero-order chi connectivity index (χ0) is 21.2. The first-order chi connectivity index (χ1) is 15.2. The molecule has 8 heteroatoms. The first-order valence-electron chi connectivity index (χ1n) is 10.2. The number of likely N-dealkylation sites (tertiary alicyclic amines) is 1. The zero-order valence-corrected chi connectivity index (χ0v) is 17.6. The number of hydrogen-bond acceptors (Lipinski definition) is 5. The van der Waals surface area contributed by atoms with Gasteiger partial charge in [-0.25, -0.2) is 4.39 Å². The van der Waals surface area contributed by atoms with Crippen molar-refractivity contribution in [2.24, 2.45) is 5.92 Å². The van der Waals surface area contributed by atoms with Crippen LogP contribution in [0.4, 0.5) is 4.39 Å². The summed E-state index contributed by atoms with van der Waals surface area (Å²) in [5.74, 6) is 1.19. The van der Waals surface area contributed by atoms with E-state index < -0.39 is 0 Å². The summed E-state index contributed by atoms with van der Waals surface area (Å²) in [4.78, 5) is 22.5. The number of nitrogens with zero attached hydrogens (tertiary/aromatic N) is 3. The van der Waals surface area contributed by atoms with Crippen molar-refractivity contribution in [2.45, 2.75) is 19.3 Å². The van der Waals surface area contributed by atoms with Crippen molar-refractivity contribution >= 4 is 17.2 Å². The highest BCUT2D eigenvalue weighted by Gasteiger charge is 2.27. The van der Waals surface area contributed by atoms with Gasteiger partial charge in [-0.2, -0.15) is 16.3 Å². The van der Waals surface area contributed by atoms with Crippen LogP contribution in [0.5, 0.6) is 0 Å². The van der Waals surface area contributed by atoms with Crippen molar-refractivity contribution in [3.05, 3.63) is 70.8 Å². The maximum Gasteiger partial charge on any atom is 0.270 e. The summed E-state index contributed by atoms with van der Waals surface area (Å²) in [5.41, 5.74) is 3.23. The fraction of sp³-hybridized carbons (Fsp3) is 0.261. The molecule has 0 bridgehead atoms. The molecule has 1 aliphatic heterocycles. The van der Waals surface area contributed by atoms with Crippen LogP contribution in [0.15, 0.2) is 57.9 Å². The van der Waals surface area contributed by atoms with Crippen molar-refractivity contribution in [1.82, 2.24) is 20.0 Å². The molecule has 1 saturated heterocycles. The van der Waals surface area contributed by atoms with Gasteiger partial charge in [-0.3, -0.25) is 4.79 Å². The number of hydrogen-bond donors (Lipinski definition) is 1. The van der Waals surface area contributed by atoms with E-state index in [1.165, 1.54) is 12.1 Å². The average molecular weight is 437 g/mol. The Bertz CT molecular complexity index is 1170. The van der Waals surface area contributed by atoms with Crippen molar-refractivity contribution < 1.29 is 13.7 Å². The average Bonchev–Trinajstić information content (AvgIpc) is 3.55. The molecule has 1 amide bonds. The molecular formula is C23H21FN4O2S. The van der Waals surface area contributed by atoms with Gasteiger partial charge in [0.25, 0.3) is 5.91 Å². The molecular weight excluding hydrogens is 415 g/mol. The number of carbonyl (C=O) groups is 1. The number of rotatable bonds is 5. The molecule has 1 atom stereocenters. The Labute approximate surface area is 182 Å². The lowest BCUT2D eigenvalue weighted by atomic mass is 9.94. The second kappa shape index (κ2) is 8.47. The van der Waals surface area contributed by atoms with Crippen LogP contribution < -0.4 is 0 Å². The number of benzene rings is 1. The van der Waals surface area contributed by atoms with Crippen LogP contribution in [0.2, 0.25) is 0 Å². The van der Waals surface area contributed by atoms with E-state index in [4.69, 9.17) is 4.52 Å². The van der Waals surface area contributed by atoms with E-state index in [1.807, 2.05) is 27.8 Å². The number of aromatic nitrogens is 3. The van der Waals surface area contributed by atoms with Crippen LogP contribution in [0.25, 0.3) is 22.5 Å². The van der Waals surface area contributed by atoms with Gasteiger partial charge in [-0.05, 0) is 59.5 Å². The summed E-state index contributed by atoms with van der Waals surface area (Å²) in [6.07, 6.45) is 4.40. The minimum absolute atomic E-state index is 0.0254. The number of nitrogens with one attached hydrogen (secondary N) is 1. The molecule has 0 radical (unpaired) electrons. The highest BCUT2D eigenvalue weighted by molar-refractivity contribution is 7.08. The van der Waals surface area contributed by atoms with Crippen LogP contribution in [0.1, 0.15) is 29.2 Å². The van der Waals surface area contributed by atoms with Crippen LogP contribution in [0.3, 0.4) is 0 Å². The number of thiophene rings is 1. The molecule has 1 aromatic carbocycles. The number of aromatic amines is 1. The quantitative estimate of drug-likeness (QED) is 0.476. The molecule has 0 unspecified atom stereocenters. The number of carbonyl (C=O) groups excluding carboxylic acids is 1. The molecule has 0 spiro atoms. The van der Waals surface area contributed by atoms with Gasteiger partial charge in [-0.1, -0.05) is 17.3 Å². The number of piperidine rings is 1. The van der Waals surface area contributed by atoms with Gasteiger partial charge in [0.2, 0.25) is 11.7 Å². The molecule has 0 aliphatic carbocycles. The van der Waals surface area contributed by atoms with Crippen molar-refractivity contribution in [2.75, 3.05) is 13.1 Å². The summed E-state index contributed by atoms with van der Waals surface area (Å²) in [7, 11) is 0. The Balaban J connectivity index is 1.24. The second-order valence-corrected chi connectivity index (χ2v) is 8.58. The molecule has 4 aromatic rings. The zero-order valence-electron chi connectivity index (χ0n) is 16.8.